The Bertz CT molecular complexity index is 1050. The average molecular weight is 447 g/mol. The fraction of sp³-hybridized carbons (Fsp3) is 0.250. The van der Waals surface area contributed by atoms with Crippen LogP contribution in [0.1, 0.15) is 36.4 Å². The van der Waals surface area contributed by atoms with Crippen molar-refractivity contribution in [2.24, 2.45) is 7.05 Å². The van der Waals surface area contributed by atoms with Gasteiger partial charge < -0.3 is 18.9 Å². The van der Waals surface area contributed by atoms with Crippen LogP contribution in [0.2, 0.25) is 0 Å². The van der Waals surface area contributed by atoms with Crippen molar-refractivity contribution in [3.05, 3.63) is 77.1 Å². The lowest BCUT2D eigenvalue weighted by Gasteiger charge is -2.09. The van der Waals surface area contributed by atoms with Gasteiger partial charge in [-0.3, -0.25) is 0 Å². The Morgan fingerprint density at radius 1 is 0.667 bits per heavy atom. The molecule has 5 nitrogen and oxygen atoms in total. The number of rotatable bonds is 10. The van der Waals surface area contributed by atoms with Gasteiger partial charge in [0.2, 0.25) is 11.4 Å². The summed E-state index contributed by atoms with van der Waals surface area (Å²) in [6.07, 6.45) is 8.29. The summed E-state index contributed by atoms with van der Waals surface area (Å²) >= 11 is 0. The van der Waals surface area contributed by atoms with Crippen molar-refractivity contribution >= 4 is 24.3 Å². The van der Waals surface area contributed by atoms with E-state index in [1.54, 1.807) is 14.2 Å². The number of nitrogens with zero attached hydrogens (tertiary/aromatic N) is 1. The van der Waals surface area contributed by atoms with E-state index in [9.17, 15) is 0 Å². The standard InChI is InChI=1S/C28H32NO4/c1-6-32-27-19-25(30-4)17-13-21(27)11-15-23-9-8-10-24(29(23)3)16-12-22-14-18-26(31-5)20-28(22)33-7-2/h8-20H,6-7H2,1-5H3/q+1/b15-11+,16-12+. The molecule has 172 valence electrons. The Morgan fingerprint density at radius 3 is 1.52 bits per heavy atom. The van der Waals surface area contributed by atoms with Crippen molar-refractivity contribution < 1.29 is 23.5 Å². The van der Waals surface area contributed by atoms with Crippen LogP contribution in [0.4, 0.5) is 0 Å². The van der Waals surface area contributed by atoms with Gasteiger partial charge in [0, 0.05) is 47.5 Å². The first-order valence-electron chi connectivity index (χ1n) is 11.1. The molecule has 0 bridgehead atoms. The smallest absolute Gasteiger partial charge is 0.205 e. The number of hydrogen-bond donors (Lipinski definition) is 0. The van der Waals surface area contributed by atoms with Crippen molar-refractivity contribution in [3.8, 4) is 23.0 Å². The third-order valence-electron chi connectivity index (χ3n) is 5.22. The Labute approximate surface area is 196 Å². The third kappa shape index (κ3) is 6.16. The van der Waals surface area contributed by atoms with Crippen molar-refractivity contribution in [2.45, 2.75) is 13.8 Å². The molecule has 0 spiro atoms. The molecule has 0 aliphatic rings. The fourth-order valence-corrected chi connectivity index (χ4v) is 3.42. The van der Waals surface area contributed by atoms with E-state index in [-0.39, 0.29) is 0 Å². The molecular formula is C28H32NO4+. The minimum atomic E-state index is 0.594. The highest BCUT2D eigenvalue weighted by Crippen LogP contribution is 2.27. The highest BCUT2D eigenvalue weighted by Gasteiger charge is 2.10. The van der Waals surface area contributed by atoms with Gasteiger partial charge in [-0.1, -0.05) is 0 Å². The Hall–Kier alpha value is -3.73. The van der Waals surface area contributed by atoms with Crippen molar-refractivity contribution in [2.75, 3.05) is 27.4 Å². The molecule has 0 saturated heterocycles. The highest BCUT2D eigenvalue weighted by molar-refractivity contribution is 5.73. The normalized spacial score (nSPS) is 11.2. The number of hydrogen-bond acceptors (Lipinski definition) is 4. The molecule has 5 heteroatoms. The van der Waals surface area contributed by atoms with Crippen molar-refractivity contribution in [1.82, 2.24) is 0 Å². The summed E-state index contributed by atoms with van der Waals surface area (Å²) in [5, 5.41) is 0. The average Bonchev–Trinajstić information content (AvgIpc) is 2.84. The molecular weight excluding hydrogens is 414 g/mol. The van der Waals surface area contributed by atoms with E-state index in [1.165, 1.54) is 0 Å². The van der Waals surface area contributed by atoms with E-state index >= 15 is 0 Å². The van der Waals surface area contributed by atoms with Crippen LogP contribution in [-0.4, -0.2) is 27.4 Å². The van der Waals surface area contributed by atoms with Crippen LogP contribution < -0.4 is 23.5 Å². The minimum Gasteiger partial charge on any atom is -0.497 e. The first-order valence-corrected chi connectivity index (χ1v) is 11.1. The Kier molecular flexibility index (Phi) is 8.53. The molecule has 1 aromatic heterocycles. The molecule has 0 aliphatic carbocycles. The predicted molar refractivity (Wildman–Crippen MR) is 134 cm³/mol. The van der Waals surface area contributed by atoms with Gasteiger partial charge in [0.25, 0.3) is 0 Å². The van der Waals surface area contributed by atoms with E-state index in [4.69, 9.17) is 18.9 Å². The molecule has 3 aromatic rings. The molecule has 33 heavy (non-hydrogen) atoms. The van der Waals surface area contributed by atoms with Gasteiger partial charge in [0.1, 0.15) is 30.0 Å². The van der Waals surface area contributed by atoms with Crippen LogP contribution >= 0.6 is 0 Å². The van der Waals surface area contributed by atoms with E-state index in [1.807, 2.05) is 63.4 Å². The van der Waals surface area contributed by atoms with Gasteiger partial charge in [-0.25, -0.2) is 0 Å². The van der Waals surface area contributed by atoms with Gasteiger partial charge >= 0.3 is 0 Å². The zero-order valence-electron chi connectivity index (χ0n) is 20.0. The maximum Gasteiger partial charge on any atom is 0.205 e. The summed E-state index contributed by atoms with van der Waals surface area (Å²) in [4.78, 5) is 0. The lowest BCUT2D eigenvalue weighted by Crippen LogP contribution is -2.35. The maximum atomic E-state index is 5.79. The molecule has 0 radical (unpaired) electrons. The summed E-state index contributed by atoms with van der Waals surface area (Å²) in [7, 11) is 5.36. The van der Waals surface area contributed by atoms with Crippen molar-refractivity contribution in [3.63, 3.8) is 0 Å². The van der Waals surface area contributed by atoms with Gasteiger partial charge in [0.15, 0.2) is 0 Å². The Morgan fingerprint density at radius 2 is 1.12 bits per heavy atom. The quantitative estimate of drug-likeness (QED) is 0.377. The molecule has 0 fully saturated rings. The second kappa shape index (κ2) is 11.8. The van der Waals surface area contributed by atoms with Crippen molar-refractivity contribution in [1.29, 1.82) is 0 Å². The molecule has 2 aromatic carbocycles. The molecule has 0 N–H and O–H groups in total. The van der Waals surface area contributed by atoms with Crippen LogP contribution in [0.3, 0.4) is 0 Å². The zero-order chi connectivity index (χ0) is 23.6. The number of methoxy groups -OCH3 is 2. The summed E-state index contributed by atoms with van der Waals surface area (Å²) in [6.45, 7) is 5.14. The summed E-state index contributed by atoms with van der Waals surface area (Å²) in [5.41, 5.74) is 4.13. The molecule has 0 aliphatic heterocycles. The van der Waals surface area contributed by atoms with Crippen LogP contribution in [-0.2, 0) is 7.05 Å². The number of aromatic nitrogens is 1. The van der Waals surface area contributed by atoms with Crippen LogP contribution in [0, 0.1) is 0 Å². The molecule has 0 atom stereocenters. The predicted octanol–water partition coefficient (Wildman–Crippen LogP) is 5.67. The zero-order valence-corrected chi connectivity index (χ0v) is 20.0. The number of ether oxygens (including phenoxy) is 4. The second-order valence-electron chi connectivity index (χ2n) is 7.27. The maximum absolute atomic E-state index is 5.79. The summed E-state index contributed by atoms with van der Waals surface area (Å²) < 4.78 is 24.4. The van der Waals surface area contributed by atoms with Gasteiger partial charge in [-0.15, -0.1) is 0 Å². The van der Waals surface area contributed by atoms with E-state index < -0.39 is 0 Å². The first kappa shape index (κ1) is 23.9. The number of pyridine rings is 1. The van der Waals surface area contributed by atoms with Crippen LogP contribution in [0.25, 0.3) is 24.3 Å². The van der Waals surface area contributed by atoms with Crippen LogP contribution in [0.15, 0.2) is 54.6 Å². The molecule has 3 rings (SSSR count). The number of benzene rings is 2. The molecule has 1 heterocycles. The topological polar surface area (TPSA) is 40.8 Å². The minimum absolute atomic E-state index is 0.594. The SMILES string of the molecule is CCOc1cc(OC)ccc1/C=C/c1cccc(/C=C/c2ccc(OC)cc2OCC)[n+]1C. The largest absolute Gasteiger partial charge is 0.497 e. The van der Waals surface area contributed by atoms with E-state index in [0.29, 0.717) is 13.2 Å². The molecule has 0 unspecified atom stereocenters. The van der Waals surface area contributed by atoms with Gasteiger partial charge in [-0.05, 0) is 56.3 Å². The summed E-state index contributed by atoms with van der Waals surface area (Å²) in [5.74, 6) is 3.15. The lowest BCUT2D eigenvalue weighted by molar-refractivity contribution is -0.675. The lowest BCUT2D eigenvalue weighted by atomic mass is 10.1. The third-order valence-corrected chi connectivity index (χ3v) is 5.22. The highest BCUT2D eigenvalue weighted by atomic mass is 16.5. The first-order chi connectivity index (χ1) is 16.1. The second-order valence-corrected chi connectivity index (χ2v) is 7.27. The van der Waals surface area contributed by atoms with E-state index in [2.05, 4.69) is 41.0 Å². The summed E-state index contributed by atoms with van der Waals surface area (Å²) in [6, 6.07) is 17.9. The van der Waals surface area contributed by atoms with Gasteiger partial charge in [0.05, 0.1) is 27.4 Å². The molecule has 0 saturated carbocycles. The molecule has 0 amide bonds. The van der Waals surface area contributed by atoms with Gasteiger partial charge in [-0.2, -0.15) is 4.57 Å². The fourth-order valence-electron chi connectivity index (χ4n) is 3.42. The van der Waals surface area contributed by atoms with Crippen LogP contribution in [0.5, 0.6) is 23.0 Å². The van der Waals surface area contributed by atoms with E-state index in [0.717, 1.165) is 45.5 Å². The Balaban J connectivity index is 1.88. The monoisotopic (exact) mass is 446 g/mol.